The zero-order valence-corrected chi connectivity index (χ0v) is 11.6. The number of pyridine rings is 1. The normalized spacial score (nSPS) is 13.0. The van der Waals surface area contributed by atoms with Crippen molar-refractivity contribution >= 4 is 17.5 Å². The first-order valence-electron chi connectivity index (χ1n) is 6.82. The summed E-state index contributed by atoms with van der Waals surface area (Å²) in [5.41, 5.74) is 2.32. The predicted octanol–water partition coefficient (Wildman–Crippen LogP) is 3.18. The van der Waals surface area contributed by atoms with Crippen LogP contribution in [0, 0.1) is 5.82 Å². The summed E-state index contributed by atoms with van der Waals surface area (Å²) in [5, 5.41) is 9.40. The Bertz CT molecular complexity index is 715. The van der Waals surface area contributed by atoms with Crippen LogP contribution in [0.15, 0.2) is 30.3 Å². The Morgan fingerprint density at radius 2 is 2.10 bits per heavy atom. The Balaban J connectivity index is 2.13. The van der Waals surface area contributed by atoms with E-state index in [-0.39, 0.29) is 11.4 Å². The van der Waals surface area contributed by atoms with Crippen molar-refractivity contribution in [3.8, 4) is 0 Å². The van der Waals surface area contributed by atoms with E-state index in [1.54, 1.807) is 31.3 Å². The van der Waals surface area contributed by atoms with E-state index in [0.29, 0.717) is 5.69 Å². The predicted molar refractivity (Wildman–Crippen MR) is 77.7 cm³/mol. The largest absolute Gasteiger partial charge is 0.478 e. The summed E-state index contributed by atoms with van der Waals surface area (Å²) in [6.45, 7) is 0. The van der Waals surface area contributed by atoms with E-state index in [4.69, 9.17) is 0 Å². The lowest BCUT2D eigenvalue weighted by atomic mass is 10.1. The second-order valence-electron chi connectivity index (χ2n) is 5.13. The first-order valence-corrected chi connectivity index (χ1v) is 6.82. The third-order valence-electron chi connectivity index (χ3n) is 3.79. The molecule has 0 spiro atoms. The Morgan fingerprint density at radius 3 is 2.81 bits per heavy atom. The Morgan fingerprint density at radius 1 is 1.33 bits per heavy atom. The van der Waals surface area contributed by atoms with Gasteiger partial charge in [0.2, 0.25) is 0 Å². The molecule has 0 saturated heterocycles. The van der Waals surface area contributed by atoms with Gasteiger partial charge in [0.1, 0.15) is 17.2 Å². The fourth-order valence-electron chi connectivity index (χ4n) is 2.71. The van der Waals surface area contributed by atoms with Gasteiger partial charge in [-0.3, -0.25) is 0 Å². The molecular formula is C16H15FN2O2. The molecule has 0 saturated carbocycles. The molecule has 4 nitrogen and oxygen atoms in total. The lowest BCUT2D eigenvalue weighted by Crippen LogP contribution is -2.18. The average molecular weight is 286 g/mol. The average Bonchev–Trinajstić information content (AvgIpc) is 2.93. The minimum Gasteiger partial charge on any atom is -0.478 e. The summed E-state index contributed by atoms with van der Waals surface area (Å²) in [7, 11) is 1.63. The van der Waals surface area contributed by atoms with Crippen molar-refractivity contribution in [2.24, 2.45) is 0 Å². The molecule has 21 heavy (non-hydrogen) atoms. The molecule has 0 bridgehead atoms. The van der Waals surface area contributed by atoms with E-state index in [2.05, 4.69) is 4.98 Å². The molecule has 1 aromatic carbocycles. The number of para-hydroxylation sites is 1. The number of hydrogen-bond donors (Lipinski definition) is 1. The summed E-state index contributed by atoms with van der Waals surface area (Å²) < 4.78 is 13.9. The lowest BCUT2D eigenvalue weighted by Gasteiger charge is -2.21. The third kappa shape index (κ3) is 2.35. The van der Waals surface area contributed by atoms with Gasteiger partial charge in [-0.2, -0.15) is 0 Å². The maximum Gasteiger partial charge on any atom is 0.339 e. The van der Waals surface area contributed by atoms with Crippen molar-refractivity contribution in [3.05, 3.63) is 53.0 Å². The topological polar surface area (TPSA) is 53.4 Å². The van der Waals surface area contributed by atoms with Crippen LogP contribution in [0.4, 0.5) is 15.9 Å². The monoisotopic (exact) mass is 286 g/mol. The molecule has 1 aliphatic rings. The van der Waals surface area contributed by atoms with Crippen LogP contribution in [0.1, 0.15) is 28.0 Å². The van der Waals surface area contributed by atoms with Crippen molar-refractivity contribution in [2.45, 2.75) is 19.3 Å². The van der Waals surface area contributed by atoms with Gasteiger partial charge in [0, 0.05) is 12.7 Å². The van der Waals surface area contributed by atoms with Crippen LogP contribution in [0.25, 0.3) is 0 Å². The Hall–Kier alpha value is -2.43. The number of aromatic carboxylic acids is 1. The molecule has 1 aliphatic carbocycles. The number of nitrogens with zero attached hydrogens (tertiary/aromatic N) is 2. The fraction of sp³-hybridized carbons (Fsp3) is 0.250. The van der Waals surface area contributed by atoms with Crippen LogP contribution in [-0.4, -0.2) is 23.1 Å². The Kier molecular flexibility index (Phi) is 3.33. The minimum atomic E-state index is -1.05. The minimum absolute atomic E-state index is 0.112. The first kappa shape index (κ1) is 13.5. The van der Waals surface area contributed by atoms with E-state index >= 15 is 0 Å². The van der Waals surface area contributed by atoms with Gasteiger partial charge < -0.3 is 10.0 Å². The van der Waals surface area contributed by atoms with Gasteiger partial charge in [0.15, 0.2) is 0 Å². The van der Waals surface area contributed by atoms with E-state index in [1.165, 1.54) is 11.0 Å². The fourth-order valence-corrected chi connectivity index (χ4v) is 2.71. The van der Waals surface area contributed by atoms with Gasteiger partial charge in [-0.25, -0.2) is 14.2 Å². The number of benzene rings is 1. The van der Waals surface area contributed by atoms with E-state index < -0.39 is 11.8 Å². The van der Waals surface area contributed by atoms with Crippen molar-refractivity contribution < 1.29 is 14.3 Å². The van der Waals surface area contributed by atoms with E-state index in [9.17, 15) is 14.3 Å². The molecule has 1 heterocycles. The van der Waals surface area contributed by atoms with Gasteiger partial charge in [0.25, 0.3) is 0 Å². The number of halogens is 1. The van der Waals surface area contributed by atoms with Crippen molar-refractivity contribution in [3.63, 3.8) is 0 Å². The molecule has 5 heteroatoms. The molecule has 0 aliphatic heterocycles. The number of carboxylic acids is 1. The number of aryl methyl sites for hydroxylation is 2. The van der Waals surface area contributed by atoms with Gasteiger partial charge in [0.05, 0.1) is 5.69 Å². The first-order chi connectivity index (χ1) is 10.1. The molecular weight excluding hydrogens is 271 g/mol. The van der Waals surface area contributed by atoms with Crippen LogP contribution in [-0.2, 0) is 12.8 Å². The molecule has 0 amide bonds. The second kappa shape index (κ2) is 5.16. The number of carboxylic acid groups (broad SMARTS) is 1. The van der Waals surface area contributed by atoms with Crippen LogP contribution in [0.3, 0.4) is 0 Å². The Labute approximate surface area is 121 Å². The maximum absolute atomic E-state index is 13.9. The quantitative estimate of drug-likeness (QED) is 0.941. The number of hydrogen-bond acceptors (Lipinski definition) is 3. The highest BCUT2D eigenvalue weighted by Crippen LogP contribution is 2.31. The van der Waals surface area contributed by atoms with Gasteiger partial charge in [-0.1, -0.05) is 12.1 Å². The van der Waals surface area contributed by atoms with Crippen LogP contribution in [0.2, 0.25) is 0 Å². The van der Waals surface area contributed by atoms with Crippen LogP contribution in [0.5, 0.6) is 0 Å². The molecule has 1 N–H and O–H groups in total. The van der Waals surface area contributed by atoms with E-state index in [1.807, 2.05) is 0 Å². The number of rotatable bonds is 3. The zero-order valence-electron chi connectivity index (χ0n) is 11.6. The highest BCUT2D eigenvalue weighted by atomic mass is 19.1. The molecule has 0 fully saturated rings. The molecule has 0 radical (unpaired) electrons. The molecule has 2 aromatic rings. The summed E-state index contributed by atoms with van der Waals surface area (Å²) in [6, 6.07) is 7.93. The van der Waals surface area contributed by atoms with Crippen LogP contribution >= 0.6 is 0 Å². The molecule has 0 atom stereocenters. The maximum atomic E-state index is 13.9. The highest BCUT2D eigenvalue weighted by molar-refractivity contribution is 5.94. The third-order valence-corrected chi connectivity index (χ3v) is 3.79. The number of aromatic nitrogens is 1. The zero-order chi connectivity index (χ0) is 15.0. The standard InChI is InChI=1S/C16H15FN2O2/c1-19(14-8-3-2-6-12(14)17)15-11(16(20)21)9-10-5-4-7-13(10)18-15/h2-3,6,8-9H,4-5,7H2,1H3,(H,20,21). The van der Waals surface area contributed by atoms with Crippen molar-refractivity contribution in [2.75, 3.05) is 11.9 Å². The summed E-state index contributed by atoms with van der Waals surface area (Å²) in [5.74, 6) is -1.16. The van der Waals surface area contributed by atoms with Crippen molar-refractivity contribution in [1.29, 1.82) is 0 Å². The number of anilines is 2. The molecule has 3 rings (SSSR count). The van der Waals surface area contributed by atoms with Crippen molar-refractivity contribution in [1.82, 2.24) is 4.98 Å². The van der Waals surface area contributed by atoms with Gasteiger partial charge >= 0.3 is 5.97 Å². The lowest BCUT2D eigenvalue weighted by molar-refractivity contribution is 0.0697. The second-order valence-corrected chi connectivity index (χ2v) is 5.13. The highest BCUT2D eigenvalue weighted by Gasteiger charge is 2.23. The summed E-state index contributed by atoms with van der Waals surface area (Å²) in [6.07, 6.45) is 2.67. The molecule has 108 valence electrons. The number of fused-ring (bicyclic) bond motifs is 1. The summed E-state index contributed by atoms with van der Waals surface area (Å²) in [4.78, 5) is 17.4. The number of carbonyl (C=O) groups is 1. The van der Waals surface area contributed by atoms with Crippen LogP contribution < -0.4 is 4.90 Å². The summed E-state index contributed by atoms with van der Waals surface area (Å²) >= 11 is 0. The molecule has 0 unspecified atom stereocenters. The smallest absolute Gasteiger partial charge is 0.339 e. The van der Waals surface area contributed by atoms with Gasteiger partial charge in [-0.15, -0.1) is 0 Å². The SMILES string of the molecule is CN(c1ccccc1F)c1nc2c(cc1C(=O)O)CCC2. The van der Waals surface area contributed by atoms with Gasteiger partial charge in [-0.05, 0) is 43.0 Å². The van der Waals surface area contributed by atoms with E-state index in [0.717, 1.165) is 30.5 Å². The molecule has 1 aromatic heterocycles.